The van der Waals surface area contributed by atoms with Crippen molar-refractivity contribution in [2.75, 3.05) is 0 Å². The minimum absolute atomic E-state index is 0.168. The summed E-state index contributed by atoms with van der Waals surface area (Å²) in [7, 11) is 0. The number of carbonyl (C=O) groups excluding carboxylic acids is 1. The zero-order chi connectivity index (χ0) is 18.8. The van der Waals surface area contributed by atoms with Crippen LogP contribution in [0.2, 0.25) is 0 Å². The van der Waals surface area contributed by atoms with Gasteiger partial charge in [-0.15, -0.1) is 10.2 Å². The smallest absolute Gasteiger partial charge is 0.212 e. The summed E-state index contributed by atoms with van der Waals surface area (Å²) < 4.78 is 14.7. The Morgan fingerprint density at radius 3 is 2.56 bits per heavy atom. The molecule has 6 nitrogen and oxygen atoms in total. The van der Waals surface area contributed by atoms with Gasteiger partial charge < -0.3 is 9.90 Å². The van der Waals surface area contributed by atoms with Crippen LogP contribution in [0.25, 0.3) is 0 Å². The molecule has 1 aliphatic rings. The van der Waals surface area contributed by atoms with Crippen LogP contribution in [0.1, 0.15) is 23.4 Å². The first kappa shape index (κ1) is 17.4. The number of fused-ring (bicyclic) bond motifs is 1. The highest BCUT2D eigenvalue weighted by Gasteiger charge is 2.28. The Morgan fingerprint density at radius 1 is 1.11 bits per heavy atom. The van der Waals surface area contributed by atoms with E-state index in [0.29, 0.717) is 23.1 Å². The normalized spacial score (nSPS) is 15.9. The van der Waals surface area contributed by atoms with Crippen LogP contribution in [-0.4, -0.2) is 31.8 Å². The molecular formula is C19H14FN4O2S-. The largest absolute Gasteiger partial charge is 0.550 e. The Balaban J connectivity index is 1.72. The fourth-order valence-corrected chi connectivity index (χ4v) is 3.96. The average Bonchev–Trinajstić information content (AvgIpc) is 3.05. The van der Waals surface area contributed by atoms with Gasteiger partial charge in [0.25, 0.3) is 0 Å². The maximum Gasteiger partial charge on any atom is 0.212 e. The lowest BCUT2D eigenvalue weighted by atomic mass is 10.1. The van der Waals surface area contributed by atoms with Gasteiger partial charge in [0.2, 0.25) is 5.16 Å². The van der Waals surface area contributed by atoms with E-state index in [2.05, 4.69) is 15.3 Å². The maximum atomic E-state index is 13.1. The van der Waals surface area contributed by atoms with E-state index in [-0.39, 0.29) is 12.2 Å². The number of aromatic nitrogens is 3. The molecular weight excluding hydrogens is 367 g/mol. The summed E-state index contributed by atoms with van der Waals surface area (Å²) in [5.41, 5.74) is 2.35. The van der Waals surface area contributed by atoms with E-state index < -0.39 is 11.2 Å². The predicted molar refractivity (Wildman–Crippen MR) is 96.9 cm³/mol. The Kier molecular flexibility index (Phi) is 4.72. The second-order valence-electron chi connectivity index (χ2n) is 6.05. The summed E-state index contributed by atoms with van der Waals surface area (Å²) in [4.78, 5) is 11.2. The van der Waals surface area contributed by atoms with E-state index in [1.165, 1.54) is 23.9 Å². The van der Waals surface area contributed by atoms with Crippen LogP contribution in [0.15, 0.2) is 64.9 Å². The van der Waals surface area contributed by atoms with Crippen LogP contribution < -0.4 is 5.11 Å². The van der Waals surface area contributed by atoms with Crippen molar-refractivity contribution in [3.8, 4) is 0 Å². The van der Waals surface area contributed by atoms with Crippen molar-refractivity contribution < 1.29 is 14.3 Å². The molecule has 4 rings (SSSR count). The standard InChI is InChI=1S/C19H15FN4O2S/c20-14-8-6-12(7-9-14)10-16-21-22-19-24(16)23-18(13-4-2-1-3-5-13)15(27-19)11-17(25)26/h1-9,15H,10-11H2,(H,25,26)/p-1/t15-/m1/s1. The van der Waals surface area contributed by atoms with Crippen molar-refractivity contribution in [3.05, 3.63) is 77.4 Å². The summed E-state index contributed by atoms with van der Waals surface area (Å²) in [6, 6.07) is 15.6. The van der Waals surface area contributed by atoms with E-state index in [4.69, 9.17) is 0 Å². The number of carboxylic acid groups (broad SMARTS) is 1. The van der Waals surface area contributed by atoms with Crippen molar-refractivity contribution in [2.24, 2.45) is 5.10 Å². The van der Waals surface area contributed by atoms with Crippen molar-refractivity contribution >= 4 is 23.4 Å². The first-order chi connectivity index (χ1) is 13.1. The molecule has 3 aromatic rings. The third-order valence-corrected chi connectivity index (χ3v) is 5.27. The lowest BCUT2D eigenvalue weighted by Gasteiger charge is -2.23. The van der Waals surface area contributed by atoms with Gasteiger partial charge in [-0.2, -0.15) is 9.78 Å². The van der Waals surface area contributed by atoms with Gasteiger partial charge in [-0.05, 0) is 23.3 Å². The number of hydrogen-bond donors (Lipinski definition) is 0. The highest BCUT2D eigenvalue weighted by molar-refractivity contribution is 8.00. The van der Waals surface area contributed by atoms with Crippen molar-refractivity contribution in [2.45, 2.75) is 23.2 Å². The molecule has 2 aromatic carbocycles. The van der Waals surface area contributed by atoms with Crippen LogP contribution in [-0.2, 0) is 11.2 Å². The summed E-state index contributed by atoms with van der Waals surface area (Å²) in [5.74, 6) is -0.841. The van der Waals surface area contributed by atoms with Gasteiger partial charge in [0.15, 0.2) is 5.82 Å². The third kappa shape index (κ3) is 3.75. The number of thioether (sulfide) groups is 1. The van der Waals surface area contributed by atoms with E-state index in [9.17, 15) is 14.3 Å². The first-order valence-electron chi connectivity index (χ1n) is 8.29. The minimum atomic E-state index is -1.14. The van der Waals surface area contributed by atoms with Crippen LogP contribution in [0.4, 0.5) is 4.39 Å². The van der Waals surface area contributed by atoms with Crippen LogP contribution in [0, 0.1) is 5.82 Å². The van der Waals surface area contributed by atoms with Crippen molar-refractivity contribution in [1.29, 1.82) is 0 Å². The summed E-state index contributed by atoms with van der Waals surface area (Å²) in [5, 5.41) is 24.3. The molecule has 8 heteroatoms. The van der Waals surface area contributed by atoms with E-state index in [1.54, 1.807) is 16.8 Å². The molecule has 0 bridgehead atoms. The quantitative estimate of drug-likeness (QED) is 0.674. The predicted octanol–water partition coefficient (Wildman–Crippen LogP) is 1.87. The molecule has 2 heterocycles. The molecule has 0 radical (unpaired) electrons. The summed E-state index contributed by atoms with van der Waals surface area (Å²) in [6.07, 6.45) is 0.267. The zero-order valence-electron chi connectivity index (χ0n) is 14.1. The molecule has 0 aliphatic carbocycles. The molecule has 136 valence electrons. The summed E-state index contributed by atoms with van der Waals surface area (Å²) >= 11 is 1.30. The first-order valence-corrected chi connectivity index (χ1v) is 9.17. The number of nitrogens with zero attached hydrogens (tertiary/aromatic N) is 4. The Hall–Kier alpha value is -3.00. The molecule has 0 N–H and O–H groups in total. The molecule has 0 saturated heterocycles. The molecule has 1 aromatic heterocycles. The van der Waals surface area contributed by atoms with Crippen LogP contribution in [0.5, 0.6) is 0 Å². The maximum absolute atomic E-state index is 13.1. The topological polar surface area (TPSA) is 83.2 Å². The average molecular weight is 381 g/mol. The van der Waals surface area contributed by atoms with E-state index >= 15 is 0 Å². The molecule has 1 atom stereocenters. The molecule has 0 unspecified atom stereocenters. The number of carbonyl (C=O) groups is 1. The molecule has 0 fully saturated rings. The van der Waals surface area contributed by atoms with Crippen LogP contribution >= 0.6 is 11.8 Å². The fourth-order valence-electron chi connectivity index (χ4n) is 2.86. The number of aliphatic carboxylic acids is 1. The van der Waals surface area contributed by atoms with Gasteiger partial charge in [0.1, 0.15) is 5.82 Å². The lowest BCUT2D eigenvalue weighted by molar-refractivity contribution is -0.305. The molecule has 1 aliphatic heterocycles. The SMILES string of the molecule is O=C([O-])C[C@H]1Sc2nnc(Cc3ccc(F)cc3)n2N=C1c1ccccc1. The van der Waals surface area contributed by atoms with Crippen molar-refractivity contribution in [3.63, 3.8) is 0 Å². The van der Waals surface area contributed by atoms with Gasteiger partial charge in [-0.1, -0.05) is 54.2 Å². The number of halogens is 1. The molecule has 0 saturated carbocycles. The summed E-state index contributed by atoms with van der Waals surface area (Å²) in [6.45, 7) is 0. The number of benzene rings is 2. The Morgan fingerprint density at radius 2 is 1.85 bits per heavy atom. The number of carboxylic acids is 1. The lowest BCUT2D eigenvalue weighted by Crippen LogP contribution is -2.33. The fraction of sp³-hybridized carbons (Fsp3) is 0.158. The third-order valence-electron chi connectivity index (χ3n) is 4.13. The zero-order valence-corrected chi connectivity index (χ0v) is 14.9. The second kappa shape index (κ2) is 7.32. The van der Waals surface area contributed by atoms with Gasteiger partial charge in [-0.3, -0.25) is 0 Å². The van der Waals surface area contributed by atoms with Crippen molar-refractivity contribution in [1.82, 2.24) is 14.9 Å². The van der Waals surface area contributed by atoms with Gasteiger partial charge in [0.05, 0.1) is 11.0 Å². The monoisotopic (exact) mass is 381 g/mol. The molecule has 0 amide bonds. The number of rotatable bonds is 5. The van der Waals surface area contributed by atoms with E-state index in [0.717, 1.165) is 11.1 Å². The molecule has 0 spiro atoms. The number of hydrogen-bond acceptors (Lipinski definition) is 6. The van der Waals surface area contributed by atoms with Gasteiger partial charge >= 0.3 is 0 Å². The Bertz CT molecular complexity index is 1000. The highest BCUT2D eigenvalue weighted by atomic mass is 32.2. The molecule has 27 heavy (non-hydrogen) atoms. The van der Waals surface area contributed by atoms with Gasteiger partial charge in [-0.25, -0.2) is 4.39 Å². The highest BCUT2D eigenvalue weighted by Crippen LogP contribution is 2.32. The minimum Gasteiger partial charge on any atom is -0.550 e. The van der Waals surface area contributed by atoms with E-state index in [1.807, 2.05) is 30.3 Å². The second-order valence-corrected chi connectivity index (χ2v) is 7.22. The van der Waals surface area contributed by atoms with Gasteiger partial charge in [0, 0.05) is 18.8 Å². The Labute approximate surface area is 158 Å². The van der Waals surface area contributed by atoms with Crippen LogP contribution in [0.3, 0.4) is 0 Å².